The number of carbonyl (C=O) groups is 2. The molecule has 1 saturated heterocycles. The number of amides is 2. The van der Waals surface area contributed by atoms with Gasteiger partial charge < -0.3 is 10.2 Å². The molecular formula is C22H33N3O2S. The van der Waals surface area contributed by atoms with Gasteiger partial charge >= 0.3 is 0 Å². The predicted octanol–water partition coefficient (Wildman–Crippen LogP) is 3.03. The third-order valence-electron chi connectivity index (χ3n) is 5.90. The summed E-state index contributed by atoms with van der Waals surface area (Å²) >= 11 is 2.05. The van der Waals surface area contributed by atoms with E-state index >= 15 is 0 Å². The van der Waals surface area contributed by atoms with Crippen molar-refractivity contribution in [3.8, 4) is 0 Å². The first-order valence-corrected chi connectivity index (χ1v) is 11.5. The molecular weight excluding hydrogens is 370 g/mol. The maximum atomic E-state index is 12.5. The first-order chi connectivity index (χ1) is 13.6. The monoisotopic (exact) mass is 403 g/mol. The number of benzene rings is 1. The van der Waals surface area contributed by atoms with Crippen LogP contribution in [0.1, 0.15) is 50.2 Å². The number of hydrogen-bond donors (Lipinski definition) is 1. The van der Waals surface area contributed by atoms with Crippen molar-refractivity contribution in [2.24, 2.45) is 0 Å². The molecule has 3 rings (SSSR count). The Kier molecular flexibility index (Phi) is 7.80. The van der Waals surface area contributed by atoms with Gasteiger partial charge in [0.1, 0.15) is 0 Å². The van der Waals surface area contributed by atoms with E-state index in [9.17, 15) is 9.59 Å². The molecule has 1 heterocycles. The van der Waals surface area contributed by atoms with Crippen LogP contribution in [0.15, 0.2) is 24.3 Å². The minimum Gasteiger partial charge on any atom is -0.351 e. The number of rotatable bonds is 9. The minimum atomic E-state index is 0.0705. The Morgan fingerprint density at radius 1 is 1.29 bits per heavy atom. The summed E-state index contributed by atoms with van der Waals surface area (Å²) in [6.07, 6.45) is 5.24. The van der Waals surface area contributed by atoms with Gasteiger partial charge in [0, 0.05) is 37.3 Å². The average molecular weight is 404 g/mol. The summed E-state index contributed by atoms with van der Waals surface area (Å²) in [7, 11) is 2.07. The Bertz CT molecular complexity index is 682. The van der Waals surface area contributed by atoms with E-state index in [1.165, 1.54) is 25.0 Å². The Morgan fingerprint density at radius 2 is 2.07 bits per heavy atom. The number of carbonyl (C=O) groups excluding carboxylic acids is 2. The topological polar surface area (TPSA) is 52.7 Å². The molecule has 2 fully saturated rings. The Labute approximate surface area is 173 Å². The highest BCUT2D eigenvalue weighted by atomic mass is 32.2. The summed E-state index contributed by atoms with van der Waals surface area (Å²) in [5, 5.41) is 3.83. The van der Waals surface area contributed by atoms with Crippen molar-refractivity contribution >= 4 is 23.6 Å². The second-order valence-corrected chi connectivity index (χ2v) is 9.50. The third-order valence-corrected chi connectivity index (χ3v) is 7.14. The van der Waals surface area contributed by atoms with Gasteiger partial charge in [0.25, 0.3) is 0 Å². The fourth-order valence-corrected chi connectivity index (χ4v) is 5.40. The highest BCUT2D eigenvalue weighted by molar-refractivity contribution is 7.99. The van der Waals surface area contributed by atoms with Gasteiger partial charge in [-0.15, -0.1) is 0 Å². The zero-order valence-electron chi connectivity index (χ0n) is 17.2. The van der Waals surface area contributed by atoms with Crippen LogP contribution in [0.4, 0.5) is 0 Å². The van der Waals surface area contributed by atoms with Crippen molar-refractivity contribution in [1.29, 1.82) is 0 Å². The van der Waals surface area contributed by atoms with E-state index in [0.717, 1.165) is 29.3 Å². The van der Waals surface area contributed by atoms with Crippen LogP contribution in [0.25, 0.3) is 0 Å². The molecule has 2 amide bonds. The Hall–Kier alpha value is -1.53. The molecule has 154 valence electrons. The summed E-state index contributed by atoms with van der Waals surface area (Å²) in [6.45, 7) is 4.66. The largest absolute Gasteiger partial charge is 0.351 e. The normalized spacial score (nSPS) is 22.2. The highest BCUT2D eigenvalue weighted by Gasteiger charge is 2.28. The molecule has 0 unspecified atom stereocenters. The number of nitrogens with one attached hydrogen (secondary N) is 1. The van der Waals surface area contributed by atoms with Crippen LogP contribution in [-0.2, 0) is 22.7 Å². The molecule has 0 spiro atoms. The quantitative estimate of drug-likeness (QED) is 0.689. The SMILES string of the molecule is CCS[C@H]1CC[C@H](N(C)CC(=O)NCc2ccccc2CN2CCCC2=O)C1. The van der Waals surface area contributed by atoms with E-state index in [1.54, 1.807) is 0 Å². The van der Waals surface area contributed by atoms with Crippen molar-refractivity contribution < 1.29 is 9.59 Å². The van der Waals surface area contributed by atoms with Gasteiger partial charge in [-0.3, -0.25) is 14.5 Å². The summed E-state index contributed by atoms with van der Waals surface area (Å²) < 4.78 is 0. The lowest BCUT2D eigenvalue weighted by molar-refractivity contribution is -0.128. The van der Waals surface area contributed by atoms with E-state index < -0.39 is 0 Å². The van der Waals surface area contributed by atoms with Crippen LogP contribution in [-0.4, -0.2) is 58.8 Å². The molecule has 1 saturated carbocycles. The van der Waals surface area contributed by atoms with Crippen LogP contribution in [0, 0.1) is 0 Å². The van der Waals surface area contributed by atoms with E-state index in [0.29, 0.717) is 32.1 Å². The molecule has 6 heteroatoms. The van der Waals surface area contributed by atoms with Gasteiger partial charge in [-0.05, 0) is 49.6 Å². The molecule has 0 bridgehead atoms. The average Bonchev–Trinajstić information content (AvgIpc) is 3.31. The standard InChI is InChI=1S/C22H33N3O2S/c1-3-28-20-11-10-19(13-20)24(2)16-21(26)23-14-17-7-4-5-8-18(17)15-25-12-6-9-22(25)27/h4-5,7-8,19-20H,3,6,9-16H2,1-2H3,(H,23,26)/t19-,20-/m0/s1. The van der Waals surface area contributed by atoms with Crippen LogP contribution in [0.2, 0.25) is 0 Å². The molecule has 1 N–H and O–H groups in total. The smallest absolute Gasteiger partial charge is 0.234 e. The van der Waals surface area contributed by atoms with Crippen LogP contribution < -0.4 is 5.32 Å². The van der Waals surface area contributed by atoms with E-state index in [1.807, 2.05) is 34.9 Å². The lowest BCUT2D eigenvalue weighted by Crippen LogP contribution is -2.39. The van der Waals surface area contributed by atoms with Crippen molar-refractivity contribution in [3.05, 3.63) is 35.4 Å². The van der Waals surface area contributed by atoms with Gasteiger partial charge in [0.05, 0.1) is 6.54 Å². The van der Waals surface area contributed by atoms with E-state index in [4.69, 9.17) is 0 Å². The summed E-state index contributed by atoms with van der Waals surface area (Å²) in [5.41, 5.74) is 2.22. The number of likely N-dealkylation sites (tertiary alicyclic amines) is 1. The summed E-state index contributed by atoms with van der Waals surface area (Å²) in [6, 6.07) is 8.61. The van der Waals surface area contributed by atoms with Gasteiger partial charge in [-0.2, -0.15) is 11.8 Å². The lowest BCUT2D eigenvalue weighted by Gasteiger charge is -2.24. The maximum absolute atomic E-state index is 12.5. The molecule has 5 nitrogen and oxygen atoms in total. The highest BCUT2D eigenvalue weighted by Crippen LogP contribution is 2.32. The molecule has 1 aliphatic heterocycles. The number of thioether (sulfide) groups is 1. The molecule has 0 aromatic heterocycles. The van der Waals surface area contributed by atoms with Crippen molar-refractivity contribution in [1.82, 2.24) is 15.1 Å². The van der Waals surface area contributed by atoms with Gasteiger partial charge in [0.2, 0.25) is 11.8 Å². The van der Waals surface area contributed by atoms with Gasteiger partial charge in [0.15, 0.2) is 0 Å². The minimum absolute atomic E-state index is 0.0705. The van der Waals surface area contributed by atoms with Gasteiger partial charge in [-0.1, -0.05) is 31.2 Å². The van der Waals surface area contributed by atoms with Crippen molar-refractivity contribution in [3.63, 3.8) is 0 Å². The third kappa shape index (κ3) is 5.74. The zero-order valence-corrected chi connectivity index (χ0v) is 18.0. The second-order valence-electron chi connectivity index (χ2n) is 7.92. The number of nitrogens with zero attached hydrogens (tertiary/aromatic N) is 2. The Morgan fingerprint density at radius 3 is 2.79 bits per heavy atom. The first kappa shape index (κ1) is 21.2. The van der Waals surface area contributed by atoms with Crippen molar-refractivity contribution in [2.45, 2.75) is 63.4 Å². The molecule has 0 radical (unpaired) electrons. The number of hydrogen-bond acceptors (Lipinski definition) is 4. The van der Waals surface area contributed by atoms with Gasteiger partial charge in [-0.25, -0.2) is 0 Å². The first-order valence-electron chi connectivity index (χ1n) is 10.5. The molecule has 2 atom stereocenters. The Balaban J connectivity index is 1.47. The zero-order chi connectivity index (χ0) is 19.9. The summed E-state index contributed by atoms with van der Waals surface area (Å²) in [4.78, 5) is 28.5. The molecule has 1 aromatic rings. The van der Waals surface area contributed by atoms with Crippen LogP contribution in [0.3, 0.4) is 0 Å². The molecule has 1 aromatic carbocycles. The van der Waals surface area contributed by atoms with Crippen LogP contribution >= 0.6 is 11.8 Å². The molecule has 1 aliphatic carbocycles. The fourth-order valence-electron chi connectivity index (χ4n) is 4.27. The van der Waals surface area contributed by atoms with Crippen molar-refractivity contribution in [2.75, 3.05) is 25.9 Å². The second kappa shape index (κ2) is 10.3. The predicted molar refractivity (Wildman–Crippen MR) is 115 cm³/mol. The lowest BCUT2D eigenvalue weighted by atomic mass is 10.1. The fraction of sp³-hybridized carbons (Fsp3) is 0.636. The van der Waals surface area contributed by atoms with Crippen LogP contribution in [0.5, 0.6) is 0 Å². The maximum Gasteiger partial charge on any atom is 0.234 e. The van der Waals surface area contributed by atoms with E-state index in [2.05, 4.69) is 30.3 Å². The molecule has 2 aliphatic rings. The number of likely N-dealkylation sites (N-methyl/N-ethyl adjacent to an activating group) is 1. The molecule has 28 heavy (non-hydrogen) atoms. The summed E-state index contributed by atoms with van der Waals surface area (Å²) in [5.74, 6) is 1.47. The van der Waals surface area contributed by atoms with E-state index in [-0.39, 0.29) is 11.8 Å².